The molecule has 2 aromatic rings. The summed E-state index contributed by atoms with van der Waals surface area (Å²) >= 11 is 7.55. The van der Waals surface area contributed by atoms with E-state index in [-0.39, 0.29) is 11.4 Å². The standard InChI is InChI=1S/C19H22ClN3O5S2/c1-14-6-7-17(23(25)26)11-18(14)22(30(2,27)28)12-19(24)21-8-9-29-13-15-4-3-5-16(20)10-15/h3-7,10-11H,8-9,12-13H2,1-2H3,(H,21,24). The maximum atomic E-state index is 12.3. The largest absolute Gasteiger partial charge is 0.354 e. The van der Waals surface area contributed by atoms with Crippen molar-refractivity contribution in [2.75, 3.05) is 29.4 Å². The van der Waals surface area contributed by atoms with Crippen LogP contribution in [0.25, 0.3) is 0 Å². The highest BCUT2D eigenvalue weighted by Gasteiger charge is 2.24. The van der Waals surface area contributed by atoms with E-state index in [2.05, 4.69) is 5.32 Å². The van der Waals surface area contributed by atoms with Gasteiger partial charge in [-0.15, -0.1) is 0 Å². The minimum Gasteiger partial charge on any atom is -0.354 e. The molecular weight excluding hydrogens is 450 g/mol. The van der Waals surface area contributed by atoms with Gasteiger partial charge in [0.2, 0.25) is 15.9 Å². The fourth-order valence-electron chi connectivity index (χ4n) is 2.63. The fourth-order valence-corrected chi connectivity index (χ4v) is 4.55. The van der Waals surface area contributed by atoms with Crippen LogP contribution in [0.5, 0.6) is 0 Å². The van der Waals surface area contributed by atoms with E-state index in [1.165, 1.54) is 12.1 Å². The summed E-state index contributed by atoms with van der Waals surface area (Å²) in [6.07, 6.45) is 0.958. The zero-order chi connectivity index (χ0) is 22.3. The summed E-state index contributed by atoms with van der Waals surface area (Å²) in [6, 6.07) is 11.4. The normalized spacial score (nSPS) is 11.2. The molecule has 0 heterocycles. The molecule has 11 heteroatoms. The van der Waals surface area contributed by atoms with Crippen molar-refractivity contribution >= 4 is 50.7 Å². The van der Waals surface area contributed by atoms with Crippen molar-refractivity contribution in [1.29, 1.82) is 0 Å². The zero-order valence-electron chi connectivity index (χ0n) is 16.5. The number of rotatable bonds is 10. The monoisotopic (exact) mass is 471 g/mol. The van der Waals surface area contributed by atoms with Gasteiger partial charge in [0.15, 0.2) is 0 Å². The Kier molecular flexibility index (Phi) is 8.51. The molecule has 0 fully saturated rings. The van der Waals surface area contributed by atoms with Gasteiger partial charge in [-0.3, -0.25) is 19.2 Å². The average Bonchev–Trinajstić information content (AvgIpc) is 2.65. The molecule has 1 amide bonds. The summed E-state index contributed by atoms with van der Waals surface area (Å²) in [5, 5.41) is 14.4. The summed E-state index contributed by atoms with van der Waals surface area (Å²) in [5.41, 5.74) is 1.44. The number of thioether (sulfide) groups is 1. The number of nitro groups is 1. The second-order valence-corrected chi connectivity index (χ2v) is 9.98. The van der Waals surface area contributed by atoms with Gasteiger partial charge in [-0.1, -0.05) is 29.8 Å². The number of anilines is 1. The van der Waals surface area contributed by atoms with Gasteiger partial charge in [0, 0.05) is 35.2 Å². The third-order valence-electron chi connectivity index (χ3n) is 4.09. The summed E-state index contributed by atoms with van der Waals surface area (Å²) in [4.78, 5) is 22.7. The second-order valence-electron chi connectivity index (χ2n) is 6.53. The van der Waals surface area contributed by atoms with Gasteiger partial charge in [0.1, 0.15) is 6.54 Å². The minimum atomic E-state index is -3.82. The number of nitro benzene ring substituents is 1. The summed E-state index contributed by atoms with van der Waals surface area (Å²) in [5.74, 6) is 0.876. The Labute approximate surface area is 184 Å². The molecule has 0 atom stereocenters. The third-order valence-corrected chi connectivity index (χ3v) is 6.48. The van der Waals surface area contributed by atoms with E-state index in [4.69, 9.17) is 11.6 Å². The number of halogens is 1. The smallest absolute Gasteiger partial charge is 0.271 e. The van der Waals surface area contributed by atoms with Crippen LogP contribution in [0.1, 0.15) is 11.1 Å². The molecular formula is C19H22ClN3O5S2. The molecule has 162 valence electrons. The number of benzene rings is 2. The second kappa shape index (κ2) is 10.6. The Morgan fingerprint density at radius 2 is 2.00 bits per heavy atom. The van der Waals surface area contributed by atoms with Crippen molar-refractivity contribution < 1.29 is 18.1 Å². The lowest BCUT2D eigenvalue weighted by Gasteiger charge is -2.23. The van der Waals surface area contributed by atoms with Crippen LogP contribution in [0.3, 0.4) is 0 Å². The molecule has 30 heavy (non-hydrogen) atoms. The lowest BCUT2D eigenvalue weighted by atomic mass is 10.2. The lowest BCUT2D eigenvalue weighted by molar-refractivity contribution is -0.384. The summed E-state index contributed by atoms with van der Waals surface area (Å²) < 4.78 is 25.3. The van der Waals surface area contributed by atoms with Crippen molar-refractivity contribution in [1.82, 2.24) is 5.32 Å². The van der Waals surface area contributed by atoms with E-state index < -0.39 is 27.4 Å². The van der Waals surface area contributed by atoms with E-state index in [0.29, 0.717) is 22.9 Å². The average molecular weight is 472 g/mol. The SMILES string of the molecule is Cc1ccc([N+](=O)[O-])cc1N(CC(=O)NCCSCc1cccc(Cl)c1)S(C)(=O)=O. The highest BCUT2D eigenvalue weighted by molar-refractivity contribution is 7.98. The molecule has 1 N–H and O–H groups in total. The lowest BCUT2D eigenvalue weighted by Crippen LogP contribution is -2.41. The molecule has 2 aromatic carbocycles. The molecule has 8 nitrogen and oxygen atoms in total. The minimum absolute atomic E-state index is 0.109. The highest BCUT2D eigenvalue weighted by Crippen LogP contribution is 2.27. The Morgan fingerprint density at radius 3 is 2.63 bits per heavy atom. The molecule has 0 aliphatic rings. The topological polar surface area (TPSA) is 110 Å². The number of nitrogens with one attached hydrogen (secondary N) is 1. The maximum absolute atomic E-state index is 12.3. The van der Waals surface area contributed by atoms with Gasteiger partial charge in [-0.2, -0.15) is 11.8 Å². The van der Waals surface area contributed by atoms with Crippen LogP contribution in [-0.2, 0) is 20.6 Å². The number of hydrogen-bond donors (Lipinski definition) is 1. The molecule has 0 aromatic heterocycles. The number of hydrogen-bond acceptors (Lipinski definition) is 6. The van der Waals surface area contributed by atoms with Crippen LogP contribution >= 0.6 is 23.4 Å². The summed E-state index contributed by atoms with van der Waals surface area (Å²) in [7, 11) is -3.82. The number of nitrogens with zero attached hydrogens (tertiary/aromatic N) is 2. The molecule has 2 rings (SSSR count). The van der Waals surface area contributed by atoms with E-state index in [1.54, 1.807) is 24.8 Å². The Bertz CT molecular complexity index is 1030. The number of aryl methyl sites for hydroxylation is 1. The highest BCUT2D eigenvalue weighted by atomic mass is 35.5. The quantitative estimate of drug-likeness (QED) is 0.323. The van der Waals surface area contributed by atoms with Gasteiger partial charge in [-0.05, 0) is 30.2 Å². The van der Waals surface area contributed by atoms with Gasteiger partial charge in [-0.25, -0.2) is 8.42 Å². The van der Waals surface area contributed by atoms with Crippen molar-refractivity contribution in [2.45, 2.75) is 12.7 Å². The molecule has 0 saturated heterocycles. The van der Waals surface area contributed by atoms with Crippen molar-refractivity contribution in [3.8, 4) is 0 Å². The number of carbonyl (C=O) groups is 1. The molecule has 0 bridgehead atoms. The Balaban J connectivity index is 1.95. The summed E-state index contributed by atoms with van der Waals surface area (Å²) in [6.45, 7) is 1.52. The molecule has 0 spiro atoms. The van der Waals surface area contributed by atoms with E-state index in [1.807, 2.05) is 18.2 Å². The van der Waals surface area contributed by atoms with Crippen LogP contribution in [0, 0.1) is 17.0 Å². The molecule has 0 radical (unpaired) electrons. The van der Waals surface area contributed by atoms with E-state index in [9.17, 15) is 23.3 Å². The predicted molar refractivity (Wildman–Crippen MR) is 121 cm³/mol. The van der Waals surface area contributed by atoms with Crippen molar-refractivity contribution in [3.05, 3.63) is 68.7 Å². The van der Waals surface area contributed by atoms with Gasteiger partial charge in [0.25, 0.3) is 5.69 Å². The molecule has 0 unspecified atom stereocenters. The first-order valence-electron chi connectivity index (χ1n) is 8.89. The predicted octanol–water partition coefficient (Wildman–Crippen LogP) is 3.37. The van der Waals surface area contributed by atoms with Crippen LogP contribution in [0.4, 0.5) is 11.4 Å². The van der Waals surface area contributed by atoms with E-state index in [0.717, 1.165) is 27.9 Å². The zero-order valence-corrected chi connectivity index (χ0v) is 18.9. The Morgan fingerprint density at radius 1 is 1.27 bits per heavy atom. The first-order chi connectivity index (χ1) is 14.1. The fraction of sp³-hybridized carbons (Fsp3) is 0.316. The number of amides is 1. The number of carbonyl (C=O) groups excluding carboxylic acids is 1. The van der Waals surface area contributed by atoms with Gasteiger partial charge >= 0.3 is 0 Å². The molecule has 0 aliphatic carbocycles. The van der Waals surface area contributed by atoms with Crippen LogP contribution in [0.2, 0.25) is 5.02 Å². The van der Waals surface area contributed by atoms with Gasteiger partial charge in [0.05, 0.1) is 16.9 Å². The van der Waals surface area contributed by atoms with Crippen LogP contribution < -0.4 is 9.62 Å². The maximum Gasteiger partial charge on any atom is 0.271 e. The van der Waals surface area contributed by atoms with Crippen molar-refractivity contribution in [2.24, 2.45) is 0 Å². The first kappa shape index (κ1) is 24.0. The number of sulfonamides is 1. The van der Waals surface area contributed by atoms with Gasteiger partial charge < -0.3 is 5.32 Å². The molecule has 0 aliphatic heterocycles. The van der Waals surface area contributed by atoms with E-state index >= 15 is 0 Å². The Hall–Kier alpha value is -2.30. The van der Waals surface area contributed by atoms with Crippen LogP contribution in [-0.4, -0.2) is 44.3 Å². The van der Waals surface area contributed by atoms with Crippen LogP contribution in [0.15, 0.2) is 42.5 Å². The number of non-ortho nitro benzene ring substituents is 1. The molecule has 0 saturated carbocycles. The third kappa shape index (κ3) is 7.19. The first-order valence-corrected chi connectivity index (χ1v) is 12.3. The van der Waals surface area contributed by atoms with Crippen molar-refractivity contribution in [3.63, 3.8) is 0 Å².